The highest BCUT2D eigenvalue weighted by molar-refractivity contribution is 5.95. The molecule has 0 saturated carbocycles. The number of benzene rings is 2. The maximum Gasteiger partial charge on any atom is 0.131 e. The summed E-state index contributed by atoms with van der Waals surface area (Å²) in [6.07, 6.45) is -0.0623. The summed E-state index contributed by atoms with van der Waals surface area (Å²) in [7, 11) is 1.66. The topological polar surface area (TPSA) is 38.7 Å². The third-order valence-corrected chi connectivity index (χ3v) is 3.88. The Morgan fingerprint density at radius 2 is 1.81 bits per heavy atom. The van der Waals surface area contributed by atoms with Crippen molar-refractivity contribution < 1.29 is 14.6 Å². The van der Waals surface area contributed by atoms with Gasteiger partial charge in [-0.15, -0.1) is 0 Å². The van der Waals surface area contributed by atoms with Gasteiger partial charge in [0.05, 0.1) is 7.11 Å². The molecule has 0 spiro atoms. The molecule has 1 aliphatic rings. The molecule has 2 aromatic carbocycles. The summed E-state index contributed by atoms with van der Waals surface area (Å²) in [4.78, 5) is 0. The van der Waals surface area contributed by atoms with Crippen molar-refractivity contribution in [2.45, 2.75) is 20.0 Å². The number of allylic oxidation sites excluding steroid dienone is 1. The van der Waals surface area contributed by atoms with Gasteiger partial charge in [0.25, 0.3) is 0 Å². The number of hydrogen-bond acceptors (Lipinski definition) is 3. The van der Waals surface area contributed by atoms with Gasteiger partial charge in [0, 0.05) is 17.2 Å². The van der Waals surface area contributed by atoms with Gasteiger partial charge in [-0.3, -0.25) is 0 Å². The van der Waals surface area contributed by atoms with Crippen LogP contribution in [0.15, 0.2) is 42.5 Å². The molecule has 1 aliphatic heterocycles. The van der Waals surface area contributed by atoms with Crippen molar-refractivity contribution in [3.8, 4) is 17.2 Å². The highest BCUT2D eigenvalue weighted by Crippen LogP contribution is 2.41. The quantitative estimate of drug-likeness (QED) is 0.900. The fourth-order valence-corrected chi connectivity index (χ4v) is 2.84. The van der Waals surface area contributed by atoms with Gasteiger partial charge in [-0.25, -0.2) is 0 Å². The van der Waals surface area contributed by atoms with Crippen LogP contribution < -0.4 is 9.47 Å². The van der Waals surface area contributed by atoms with Crippen LogP contribution in [0.1, 0.15) is 25.0 Å². The molecule has 0 aromatic heterocycles. The van der Waals surface area contributed by atoms with E-state index in [0.717, 1.165) is 28.2 Å². The predicted octanol–water partition coefficient (Wildman–Crippen LogP) is 4.11. The van der Waals surface area contributed by atoms with Crippen LogP contribution in [-0.2, 0) is 0 Å². The van der Waals surface area contributed by atoms with Crippen molar-refractivity contribution in [2.24, 2.45) is 0 Å². The summed E-state index contributed by atoms with van der Waals surface area (Å²) >= 11 is 0. The van der Waals surface area contributed by atoms with Crippen LogP contribution in [0.2, 0.25) is 0 Å². The molecule has 108 valence electrons. The van der Waals surface area contributed by atoms with Crippen molar-refractivity contribution in [3.63, 3.8) is 0 Å². The van der Waals surface area contributed by atoms with E-state index in [1.807, 2.05) is 37.3 Å². The number of aromatic hydroxyl groups is 1. The van der Waals surface area contributed by atoms with Gasteiger partial charge in [-0.05, 0) is 49.2 Å². The molecule has 3 rings (SSSR count). The average Bonchev–Trinajstić information content (AvgIpc) is 2.47. The summed E-state index contributed by atoms with van der Waals surface area (Å²) in [6.45, 7) is 4.12. The highest BCUT2D eigenvalue weighted by Gasteiger charge is 2.24. The second-order valence-electron chi connectivity index (χ2n) is 5.21. The van der Waals surface area contributed by atoms with Crippen molar-refractivity contribution in [3.05, 3.63) is 53.6 Å². The summed E-state index contributed by atoms with van der Waals surface area (Å²) in [6, 6.07) is 13.2. The normalized spacial score (nSPS) is 17.2. The number of methoxy groups -OCH3 is 1. The summed E-state index contributed by atoms with van der Waals surface area (Å²) < 4.78 is 11.2. The summed E-state index contributed by atoms with van der Waals surface area (Å²) in [5, 5.41) is 9.59. The van der Waals surface area contributed by atoms with Crippen molar-refractivity contribution in [1.29, 1.82) is 0 Å². The van der Waals surface area contributed by atoms with Crippen LogP contribution in [-0.4, -0.2) is 18.3 Å². The zero-order valence-corrected chi connectivity index (χ0v) is 12.4. The van der Waals surface area contributed by atoms with E-state index in [-0.39, 0.29) is 11.9 Å². The number of ether oxygens (including phenoxy) is 2. The molecule has 0 fully saturated rings. The van der Waals surface area contributed by atoms with Gasteiger partial charge >= 0.3 is 0 Å². The molecule has 21 heavy (non-hydrogen) atoms. The monoisotopic (exact) mass is 282 g/mol. The van der Waals surface area contributed by atoms with Crippen molar-refractivity contribution in [1.82, 2.24) is 0 Å². The summed E-state index contributed by atoms with van der Waals surface area (Å²) in [5.41, 5.74) is 4.49. The second kappa shape index (κ2) is 5.17. The largest absolute Gasteiger partial charge is 0.508 e. The van der Waals surface area contributed by atoms with Gasteiger partial charge in [-0.1, -0.05) is 12.1 Å². The molecule has 3 heteroatoms. The first-order valence-corrected chi connectivity index (χ1v) is 6.95. The highest BCUT2D eigenvalue weighted by atomic mass is 16.5. The lowest BCUT2D eigenvalue weighted by Gasteiger charge is -2.28. The van der Waals surface area contributed by atoms with E-state index in [4.69, 9.17) is 9.47 Å². The third kappa shape index (κ3) is 2.35. The molecule has 2 aromatic rings. The minimum Gasteiger partial charge on any atom is -0.508 e. The number of fused-ring (bicyclic) bond motifs is 1. The van der Waals surface area contributed by atoms with Crippen molar-refractivity contribution in [2.75, 3.05) is 7.11 Å². The van der Waals surface area contributed by atoms with E-state index < -0.39 is 0 Å². The van der Waals surface area contributed by atoms with Gasteiger partial charge in [0.1, 0.15) is 23.4 Å². The Balaban J connectivity index is 2.11. The lowest BCUT2D eigenvalue weighted by Crippen LogP contribution is -2.20. The minimum absolute atomic E-state index is 0.0623. The van der Waals surface area contributed by atoms with Gasteiger partial charge < -0.3 is 14.6 Å². The fraction of sp³-hybridized carbons (Fsp3) is 0.222. The Morgan fingerprint density at radius 1 is 1.10 bits per heavy atom. The van der Waals surface area contributed by atoms with E-state index in [2.05, 4.69) is 6.92 Å². The number of phenols is 1. The smallest absolute Gasteiger partial charge is 0.131 e. The minimum atomic E-state index is -0.0623. The summed E-state index contributed by atoms with van der Waals surface area (Å²) in [5.74, 6) is 1.80. The first-order chi connectivity index (χ1) is 10.1. The van der Waals surface area contributed by atoms with Gasteiger partial charge in [-0.2, -0.15) is 0 Å². The van der Waals surface area contributed by atoms with Crippen LogP contribution in [0.25, 0.3) is 11.1 Å². The molecule has 0 radical (unpaired) electrons. The Bertz CT molecular complexity index is 699. The lowest BCUT2D eigenvalue weighted by molar-refractivity contribution is 0.272. The average molecular weight is 282 g/mol. The van der Waals surface area contributed by atoms with Crippen molar-refractivity contribution >= 4 is 11.1 Å². The van der Waals surface area contributed by atoms with E-state index in [9.17, 15) is 5.11 Å². The van der Waals surface area contributed by atoms with Gasteiger partial charge in [0.2, 0.25) is 0 Å². The molecule has 3 nitrogen and oxygen atoms in total. The maximum atomic E-state index is 9.59. The zero-order valence-electron chi connectivity index (χ0n) is 12.4. The molecular formula is C18H18O3. The molecule has 1 unspecified atom stereocenters. The Kier molecular flexibility index (Phi) is 3.34. The first-order valence-electron chi connectivity index (χ1n) is 6.95. The van der Waals surface area contributed by atoms with Crippen LogP contribution in [0, 0.1) is 0 Å². The van der Waals surface area contributed by atoms with Crippen LogP contribution in [0.5, 0.6) is 17.2 Å². The maximum absolute atomic E-state index is 9.59. The number of hydrogen-bond donors (Lipinski definition) is 1. The van der Waals surface area contributed by atoms with E-state index >= 15 is 0 Å². The molecule has 1 heterocycles. The van der Waals surface area contributed by atoms with Gasteiger partial charge in [0.15, 0.2) is 0 Å². The Morgan fingerprint density at radius 3 is 2.48 bits per heavy atom. The lowest BCUT2D eigenvalue weighted by atomic mass is 9.89. The molecule has 0 aliphatic carbocycles. The third-order valence-electron chi connectivity index (χ3n) is 3.88. The van der Waals surface area contributed by atoms with E-state index in [0.29, 0.717) is 0 Å². The first kappa shape index (κ1) is 13.6. The van der Waals surface area contributed by atoms with Crippen LogP contribution >= 0.6 is 0 Å². The van der Waals surface area contributed by atoms with E-state index in [1.165, 1.54) is 5.57 Å². The predicted molar refractivity (Wildman–Crippen MR) is 83.7 cm³/mol. The molecular weight excluding hydrogens is 264 g/mol. The fourth-order valence-electron chi connectivity index (χ4n) is 2.84. The SMILES string of the molecule is COc1ccc(C2=C(C)c3ccc(O)cc3OC2C)cc1. The second-order valence-corrected chi connectivity index (χ2v) is 5.21. The standard InChI is InChI=1S/C18H18O3/c1-11-16-9-6-14(19)10-17(16)21-12(2)18(11)13-4-7-15(20-3)8-5-13/h4-10,12,19H,1-3H3. The number of phenolic OH excluding ortho intramolecular Hbond substituents is 1. The molecule has 0 bridgehead atoms. The van der Waals surface area contributed by atoms with E-state index in [1.54, 1.807) is 19.2 Å². The number of rotatable bonds is 2. The zero-order chi connectivity index (χ0) is 15.0. The molecule has 0 amide bonds. The molecule has 0 saturated heterocycles. The van der Waals surface area contributed by atoms with Crippen LogP contribution in [0.4, 0.5) is 0 Å². The van der Waals surface area contributed by atoms with Crippen LogP contribution in [0.3, 0.4) is 0 Å². The molecule has 1 atom stereocenters. The Hall–Kier alpha value is -2.42. The Labute approximate surface area is 124 Å². The molecule has 1 N–H and O–H groups in total.